The Hall–Kier alpha value is -7.51. The highest BCUT2D eigenvalue weighted by Gasteiger charge is 2.50. The van der Waals surface area contributed by atoms with Crippen LogP contribution in [0.2, 0.25) is 0 Å². The Bertz CT molecular complexity index is 3570. The quantitative estimate of drug-likeness (QED) is 0.171. The monoisotopic (exact) mass is 903 g/mol. The average molecular weight is 904 g/mol. The number of hydrogen-bond donors (Lipinski definition) is 0. The van der Waals surface area contributed by atoms with E-state index in [4.69, 9.17) is 14.5 Å². The van der Waals surface area contributed by atoms with E-state index >= 15 is 0 Å². The van der Waals surface area contributed by atoms with Gasteiger partial charge in [0.25, 0.3) is 0 Å². The largest absolute Gasteiger partial charge is 0.457 e. The van der Waals surface area contributed by atoms with E-state index in [-0.39, 0.29) is 21.7 Å². The lowest BCUT2D eigenvalue weighted by Gasteiger charge is -2.51. The van der Waals surface area contributed by atoms with Crippen LogP contribution in [0.5, 0.6) is 23.0 Å². The smallest absolute Gasteiger partial charge is 0.151 e. The number of anilines is 7. The molecule has 0 atom stereocenters. The number of pyridine rings is 1. The molecule has 0 aliphatic carbocycles. The second-order valence-corrected chi connectivity index (χ2v) is 22.6. The number of nitrogens with zero attached hydrogens (tertiary/aromatic N) is 5. The normalized spacial score (nSPS) is 15.9. The number of para-hydroxylation sites is 4. The van der Waals surface area contributed by atoms with Gasteiger partial charge in [0.2, 0.25) is 0 Å². The number of ether oxygens (including phenoxy) is 2. The van der Waals surface area contributed by atoms with Crippen molar-refractivity contribution in [3.05, 3.63) is 185 Å². The molecule has 7 nitrogen and oxygen atoms in total. The van der Waals surface area contributed by atoms with E-state index in [2.05, 4.69) is 234 Å². The fourth-order valence-corrected chi connectivity index (χ4v) is 11.7. The van der Waals surface area contributed by atoms with Gasteiger partial charge in [-0.1, -0.05) is 118 Å². The molecule has 0 saturated carbocycles. The molecule has 0 bridgehead atoms. The SMILES string of the molecule is CC(C)(C)c1ccnc(-n2c3ccc(C(C)(C)C)cc3c3ccc(Oc4cccc(N5CN(c6cc7c8c(c6)C(C)(C)c6cccc9c6N8c6c(cccc6C7(C)C)O9)c6ccccc65)c4)cc32)c1. The average Bonchev–Trinajstić information content (AvgIpc) is 3.87. The summed E-state index contributed by atoms with van der Waals surface area (Å²) in [5.74, 6) is 4.27. The van der Waals surface area contributed by atoms with Crippen LogP contribution in [0.4, 0.5) is 39.8 Å². The zero-order valence-electron chi connectivity index (χ0n) is 41.2. The van der Waals surface area contributed by atoms with E-state index in [1.54, 1.807) is 0 Å². The van der Waals surface area contributed by atoms with Gasteiger partial charge in [-0.3, -0.25) is 4.57 Å². The maximum Gasteiger partial charge on any atom is 0.151 e. The predicted molar refractivity (Wildman–Crippen MR) is 284 cm³/mol. The highest BCUT2D eigenvalue weighted by Crippen LogP contribution is 2.67. The second-order valence-electron chi connectivity index (χ2n) is 22.6. The molecule has 4 aliphatic heterocycles. The van der Waals surface area contributed by atoms with E-state index in [0.29, 0.717) is 6.67 Å². The standard InChI is InChI=1S/C62H57N5O2/c1-59(2,3)37-24-27-49-44(30-37)43-26-25-42(35-52(43)66(49)55-31-38(28-29-63-55)60(4,5)6)68-41-17-13-16-39(32-41)64-36-65(51-21-12-11-20-50(51)64)40-33-47-56-48(34-40)62(9,10)46-19-15-23-54-58(46)67(56)57-45(61(47,7)8)18-14-22-53(57)69-54/h11-35H,36H2,1-10H3. The minimum Gasteiger partial charge on any atom is -0.457 e. The Balaban J connectivity index is 0.886. The Morgan fingerprint density at radius 2 is 1.12 bits per heavy atom. The van der Waals surface area contributed by atoms with Crippen molar-refractivity contribution in [1.29, 1.82) is 0 Å². The van der Waals surface area contributed by atoms with Crippen molar-refractivity contribution in [2.45, 2.75) is 90.9 Å². The van der Waals surface area contributed by atoms with E-state index in [1.165, 1.54) is 72.6 Å². The fraction of sp³-hybridized carbons (Fsp3) is 0.242. The summed E-state index contributed by atoms with van der Waals surface area (Å²) in [6.07, 6.45) is 1.94. The van der Waals surface area contributed by atoms with Crippen molar-refractivity contribution in [3.8, 4) is 28.8 Å². The van der Waals surface area contributed by atoms with Crippen LogP contribution in [0.15, 0.2) is 152 Å². The molecule has 6 heterocycles. The van der Waals surface area contributed by atoms with Crippen molar-refractivity contribution in [3.63, 3.8) is 0 Å². The maximum atomic E-state index is 6.87. The summed E-state index contributed by atoms with van der Waals surface area (Å²) in [4.78, 5) is 12.4. The summed E-state index contributed by atoms with van der Waals surface area (Å²) in [6, 6.07) is 53.1. The molecule has 0 fully saturated rings. The molecule has 0 radical (unpaired) electrons. The Morgan fingerprint density at radius 1 is 0.507 bits per heavy atom. The van der Waals surface area contributed by atoms with E-state index < -0.39 is 0 Å². The van der Waals surface area contributed by atoms with Gasteiger partial charge in [-0.15, -0.1) is 0 Å². The number of rotatable bonds is 5. The van der Waals surface area contributed by atoms with Crippen LogP contribution in [0.25, 0.3) is 27.6 Å². The fourth-order valence-electron chi connectivity index (χ4n) is 11.7. The topological polar surface area (TPSA) is 46.0 Å². The Morgan fingerprint density at radius 3 is 1.77 bits per heavy atom. The maximum absolute atomic E-state index is 6.87. The second kappa shape index (κ2) is 14.0. The highest BCUT2D eigenvalue weighted by molar-refractivity contribution is 6.10. The Labute approximate surface area is 405 Å². The lowest BCUT2D eigenvalue weighted by Crippen LogP contribution is -2.40. The third-order valence-corrected chi connectivity index (χ3v) is 15.5. The third kappa shape index (κ3) is 6.01. The molecule has 4 aliphatic rings. The van der Waals surface area contributed by atoms with Crippen molar-refractivity contribution in [1.82, 2.24) is 9.55 Å². The predicted octanol–water partition coefficient (Wildman–Crippen LogP) is 16.7. The van der Waals surface area contributed by atoms with Crippen molar-refractivity contribution in [2.24, 2.45) is 0 Å². The summed E-state index contributed by atoms with van der Waals surface area (Å²) < 4.78 is 15.9. The Kier molecular flexibility index (Phi) is 8.48. The molecule has 0 spiro atoms. The van der Waals surface area contributed by atoms with Gasteiger partial charge in [-0.2, -0.15) is 0 Å². The highest BCUT2D eigenvalue weighted by atomic mass is 16.5. The van der Waals surface area contributed by atoms with Crippen LogP contribution in [-0.4, -0.2) is 16.2 Å². The first-order valence-electron chi connectivity index (χ1n) is 24.4. The van der Waals surface area contributed by atoms with Gasteiger partial charge in [0.1, 0.15) is 24.0 Å². The van der Waals surface area contributed by atoms with Gasteiger partial charge >= 0.3 is 0 Å². The summed E-state index contributed by atoms with van der Waals surface area (Å²) >= 11 is 0. The third-order valence-electron chi connectivity index (χ3n) is 15.5. The molecular formula is C62H57N5O2. The van der Waals surface area contributed by atoms with Crippen LogP contribution in [0, 0.1) is 0 Å². The molecule has 13 rings (SSSR count). The molecular weight excluding hydrogens is 847 g/mol. The zero-order chi connectivity index (χ0) is 47.5. The molecule has 69 heavy (non-hydrogen) atoms. The van der Waals surface area contributed by atoms with Crippen molar-refractivity contribution >= 4 is 61.6 Å². The van der Waals surface area contributed by atoms with Gasteiger partial charge in [0.05, 0.1) is 39.5 Å². The van der Waals surface area contributed by atoms with Crippen molar-refractivity contribution < 1.29 is 9.47 Å². The summed E-state index contributed by atoms with van der Waals surface area (Å²) in [5.41, 5.74) is 17.5. The van der Waals surface area contributed by atoms with Crippen LogP contribution in [-0.2, 0) is 21.7 Å². The summed E-state index contributed by atoms with van der Waals surface area (Å²) in [6.45, 7) is 23.7. The molecule has 0 saturated heterocycles. The summed E-state index contributed by atoms with van der Waals surface area (Å²) in [5, 5.41) is 2.38. The lowest BCUT2D eigenvalue weighted by atomic mass is 9.65. The molecule has 0 amide bonds. The molecule has 342 valence electrons. The minimum atomic E-state index is -0.282. The first kappa shape index (κ1) is 41.7. The number of benzene rings is 7. The molecule has 0 unspecified atom stereocenters. The minimum absolute atomic E-state index is 0.0111. The molecule has 9 aromatic rings. The van der Waals surface area contributed by atoms with Gasteiger partial charge in [-0.05, 0) is 129 Å². The number of fused-ring (bicyclic) bond motifs is 4. The van der Waals surface area contributed by atoms with Crippen molar-refractivity contribution in [2.75, 3.05) is 21.4 Å². The molecule has 2 aromatic heterocycles. The van der Waals surface area contributed by atoms with Gasteiger partial charge in [0, 0.05) is 51.3 Å². The van der Waals surface area contributed by atoms with Crippen LogP contribution in [0.3, 0.4) is 0 Å². The van der Waals surface area contributed by atoms with E-state index in [0.717, 1.165) is 51.2 Å². The van der Waals surface area contributed by atoms with Crippen LogP contribution in [0.1, 0.15) is 103 Å². The van der Waals surface area contributed by atoms with Crippen LogP contribution >= 0.6 is 0 Å². The lowest BCUT2D eigenvalue weighted by molar-refractivity contribution is 0.464. The molecule has 7 heteroatoms. The van der Waals surface area contributed by atoms with E-state index in [1.807, 2.05) is 6.20 Å². The number of aromatic nitrogens is 2. The molecule has 0 N–H and O–H groups in total. The van der Waals surface area contributed by atoms with Gasteiger partial charge < -0.3 is 24.2 Å². The van der Waals surface area contributed by atoms with Gasteiger partial charge in [0.15, 0.2) is 11.5 Å². The first-order chi connectivity index (χ1) is 33.0. The first-order valence-corrected chi connectivity index (χ1v) is 24.4. The van der Waals surface area contributed by atoms with E-state index in [9.17, 15) is 0 Å². The summed E-state index contributed by atoms with van der Waals surface area (Å²) in [7, 11) is 0. The molecule has 7 aromatic carbocycles. The number of hydrogen-bond acceptors (Lipinski definition) is 6. The zero-order valence-corrected chi connectivity index (χ0v) is 41.2. The van der Waals surface area contributed by atoms with Gasteiger partial charge in [-0.25, -0.2) is 4.98 Å². The van der Waals surface area contributed by atoms with Crippen LogP contribution < -0.4 is 24.2 Å².